The Hall–Kier alpha value is 0.440. The summed E-state index contributed by atoms with van der Waals surface area (Å²) in [6.07, 6.45) is 7.24. The molecule has 1 nitrogen and oxygen atoms in total. The van der Waals surface area contributed by atoms with E-state index in [9.17, 15) is 0 Å². The minimum Gasteiger partial charge on any atom is -0.378 e. The van der Waals surface area contributed by atoms with Gasteiger partial charge in [-0.25, -0.2) is 0 Å². The number of hydrogen-bond acceptors (Lipinski definition) is 1. The van der Waals surface area contributed by atoms with Gasteiger partial charge in [0, 0.05) is 11.4 Å². The fourth-order valence-corrected chi connectivity index (χ4v) is 3.39. The van der Waals surface area contributed by atoms with E-state index in [1.807, 2.05) is 0 Å². The Morgan fingerprint density at radius 3 is 2.69 bits per heavy atom. The molecule has 4 atom stereocenters. The van der Waals surface area contributed by atoms with E-state index < -0.39 is 0 Å². The first-order valence-electron chi connectivity index (χ1n) is 5.53. The van der Waals surface area contributed by atoms with E-state index in [1.165, 1.54) is 32.1 Å². The highest BCUT2D eigenvalue weighted by molar-refractivity contribution is 9.09. The van der Waals surface area contributed by atoms with Crippen molar-refractivity contribution in [3.05, 3.63) is 0 Å². The van der Waals surface area contributed by atoms with Crippen LogP contribution >= 0.6 is 15.9 Å². The van der Waals surface area contributed by atoms with Crippen LogP contribution in [0.4, 0.5) is 0 Å². The molecule has 0 bridgehead atoms. The fourth-order valence-electron chi connectivity index (χ4n) is 2.69. The van der Waals surface area contributed by atoms with E-state index in [0.717, 1.165) is 23.3 Å². The Labute approximate surface area is 89.4 Å². The van der Waals surface area contributed by atoms with Gasteiger partial charge >= 0.3 is 0 Å². The van der Waals surface area contributed by atoms with Crippen LogP contribution in [0, 0.1) is 11.8 Å². The molecule has 0 spiro atoms. The molecule has 0 radical (unpaired) electrons. The molecule has 1 aliphatic heterocycles. The lowest BCUT2D eigenvalue weighted by Crippen LogP contribution is -2.17. The molecule has 1 saturated heterocycles. The molecular formula is C11H19BrO. The number of rotatable bonds is 2. The predicted octanol–water partition coefficient (Wildman–Crippen LogP) is 3.37. The summed E-state index contributed by atoms with van der Waals surface area (Å²) in [5.41, 5.74) is 0. The second kappa shape index (κ2) is 4.31. The Morgan fingerprint density at radius 1 is 1.31 bits per heavy atom. The average molecular weight is 247 g/mol. The van der Waals surface area contributed by atoms with Gasteiger partial charge in [0.25, 0.3) is 0 Å². The van der Waals surface area contributed by atoms with Crippen molar-refractivity contribution in [3.8, 4) is 0 Å². The summed E-state index contributed by atoms with van der Waals surface area (Å²) < 4.78 is 5.68. The maximum Gasteiger partial charge on any atom is 0.0578 e. The Kier molecular flexibility index (Phi) is 3.31. The largest absolute Gasteiger partial charge is 0.378 e. The SMILES string of the molecule is CC1C(Br)CCC1CC1CCCO1. The molecule has 0 N–H and O–H groups in total. The van der Waals surface area contributed by atoms with Gasteiger partial charge in [-0.1, -0.05) is 22.9 Å². The van der Waals surface area contributed by atoms with Crippen LogP contribution in [0.25, 0.3) is 0 Å². The molecule has 4 unspecified atom stereocenters. The van der Waals surface area contributed by atoms with E-state index in [4.69, 9.17) is 4.74 Å². The number of ether oxygens (including phenoxy) is 1. The highest BCUT2D eigenvalue weighted by Gasteiger charge is 2.33. The van der Waals surface area contributed by atoms with Crippen molar-refractivity contribution in [1.82, 2.24) is 0 Å². The molecule has 0 aromatic heterocycles. The minimum atomic E-state index is 0.588. The summed E-state index contributed by atoms with van der Waals surface area (Å²) in [6.45, 7) is 3.38. The zero-order chi connectivity index (χ0) is 9.26. The van der Waals surface area contributed by atoms with Gasteiger partial charge in [0.2, 0.25) is 0 Å². The maximum atomic E-state index is 5.68. The molecule has 1 heterocycles. The third kappa shape index (κ3) is 2.27. The summed E-state index contributed by atoms with van der Waals surface area (Å²) in [5.74, 6) is 1.76. The highest BCUT2D eigenvalue weighted by atomic mass is 79.9. The van der Waals surface area contributed by atoms with E-state index in [2.05, 4.69) is 22.9 Å². The van der Waals surface area contributed by atoms with Gasteiger partial charge in [-0.3, -0.25) is 0 Å². The molecule has 2 rings (SSSR count). The fraction of sp³-hybridized carbons (Fsp3) is 1.00. The van der Waals surface area contributed by atoms with Crippen molar-refractivity contribution in [1.29, 1.82) is 0 Å². The van der Waals surface area contributed by atoms with Gasteiger partial charge in [0.1, 0.15) is 0 Å². The minimum absolute atomic E-state index is 0.588. The van der Waals surface area contributed by atoms with E-state index in [1.54, 1.807) is 0 Å². The second-order valence-electron chi connectivity index (χ2n) is 4.58. The van der Waals surface area contributed by atoms with Gasteiger partial charge in [0.05, 0.1) is 6.10 Å². The topological polar surface area (TPSA) is 9.23 Å². The summed E-state index contributed by atoms with van der Waals surface area (Å²) in [6, 6.07) is 0. The van der Waals surface area contributed by atoms with Crippen molar-refractivity contribution in [3.63, 3.8) is 0 Å². The molecule has 2 aliphatic rings. The standard InChI is InChI=1S/C11H19BrO/c1-8-9(4-5-11(8)12)7-10-3-2-6-13-10/h8-11H,2-7H2,1H3. The molecule has 76 valence electrons. The van der Waals surface area contributed by atoms with E-state index in [-0.39, 0.29) is 0 Å². The lowest BCUT2D eigenvalue weighted by molar-refractivity contribution is 0.0848. The zero-order valence-electron chi connectivity index (χ0n) is 8.34. The summed E-state index contributed by atoms with van der Waals surface area (Å²) in [5, 5.41) is 0. The molecular weight excluding hydrogens is 228 g/mol. The zero-order valence-corrected chi connectivity index (χ0v) is 9.92. The highest BCUT2D eigenvalue weighted by Crippen LogP contribution is 2.40. The average Bonchev–Trinajstić information content (AvgIpc) is 2.71. The van der Waals surface area contributed by atoms with Gasteiger partial charge in [-0.05, 0) is 43.9 Å². The summed E-state index contributed by atoms with van der Waals surface area (Å²) in [4.78, 5) is 0.763. The lowest BCUT2D eigenvalue weighted by atomic mass is 9.91. The quantitative estimate of drug-likeness (QED) is 0.680. The maximum absolute atomic E-state index is 5.68. The van der Waals surface area contributed by atoms with Crippen LogP contribution in [-0.2, 0) is 4.74 Å². The smallest absolute Gasteiger partial charge is 0.0578 e. The number of hydrogen-bond donors (Lipinski definition) is 0. The summed E-state index contributed by atoms with van der Waals surface area (Å²) in [7, 11) is 0. The second-order valence-corrected chi connectivity index (χ2v) is 5.76. The predicted molar refractivity (Wildman–Crippen MR) is 58.2 cm³/mol. The first kappa shape index (κ1) is 9.97. The van der Waals surface area contributed by atoms with Gasteiger partial charge in [-0.15, -0.1) is 0 Å². The van der Waals surface area contributed by atoms with Crippen molar-refractivity contribution in [2.75, 3.05) is 6.61 Å². The number of alkyl halides is 1. The van der Waals surface area contributed by atoms with E-state index >= 15 is 0 Å². The first-order chi connectivity index (χ1) is 6.27. The van der Waals surface area contributed by atoms with Gasteiger partial charge in [-0.2, -0.15) is 0 Å². The van der Waals surface area contributed by atoms with Crippen LogP contribution in [0.1, 0.15) is 39.0 Å². The Balaban J connectivity index is 1.81. The monoisotopic (exact) mass is 246 g/mol. The van der Waals surface area contributed by atoms with Crippen LogP contribution in [-0.4, -0.2) is 17.5 Å². The van der Waals surface area contributed by atoms with Crippen molar-refractivity contribution in [2.45, 2.75) is 50.0 Å². The molecule has 2 fully saturated rings. The molecule has 13 heavy (non-hydrogen) atoms. The molecule has 0 amide bonds. The van der Waals surface area contributed by atoms with Crippen LogP contribution < -0.4 is 0 Å². The Bertz CT molecular complexity index is 165. The van der Waals surface area contributed by atoms with Crippen molar-refractivity contribution >= 4 is 15.9 Å². The Morgan fingerprint density at radius 2 is 2.15 bits per heavy atom. The van der Waals surface area contributed by atoms with Crippen LogP contribution in [0.5, 0.6) is 0 Å². The normalized spacial score (nSPS) is 45.7. The number of halogens is 1. The van der Waals surface area contributed by atoms with Crippen LogP contribution in [0.3, 0.4) is 0 Å². The van der Waals surface area contributed by atoms with Gasteiger partial charge in [0.15, 0.2) is 0 Å². The van der Waals surface area contributed by atoms with Crippen LogP contribution in [0.2, 0.25) is 0 Å². The molecule has 1 aliphatic carbocycles. The molecule has 0 aromatic rings. The van der Waals surface area contributed by atoms with Gasteiger partial charge < -0.3 is 4.74 Å². The third-order valence-corrected chi connectivity index (χ3v) is 5.01. The molecule has 0 aromatic carbocycles. The van der Waals surface area contributed by atoms with E-state index in [0.29, 0.717) is 6.10 Å². The molecule has 2 heteroatoms. The molecule has 1 saturated carbocycles. The van der Waals surface area contributed by atoms with Crippen molar-refractivity contribution in [2.24, 2.45) is 11.8 Å². The lowest BCUT2D eigenvalue weighted by Gasteiger charge is -2.20. The summed E-state index contributed by atoms with van der Waals surface area (Å²) >= 11 is 3.75. The van der Waals surface area contributed by atoms with Crippen molar-refractivity contribution < 1.29 is 4.74 Å². The third-order valence-electron chi connectivity index (χ3n) is 3.72. The first-order valence-corrected chi connectivity index (χ1v) is 6.44. The van der Waals surface area contributed by atoms with Crippen LogP contribution in [0.15, 0.2) is 0 Å².